The number of anilines is 1. The number of nitrogens with one attached hydrogen (secondary N) is 1. The molecule has 0 unspecified atom stereocenters. The molecule has 0 atom stereocenters. The number of hydrogen-bond donors (Lipinski definition) is 3. The lowest BCUT2D eigenvalue weighted by molar-refractivity contribution is 0.197. The maximum absolute atomic E-state index is 10.2. The van der Waals surface area contributed by atoms with Gasteiger partial charge in [-0.05, 0) is 62.4 Å². The molecule has 1 amide bonds. The van der Waals surface area contributed by atoms with Gasteiger partial charge in [-0.1, -0.05) is 18.2 Å². The molecule has 5 rings (SSSR count). The number of ether oxygens (including phenoxy) is 1. The third kappa shape index (κ3) is 6.79. The Bertz CT molecular complexity index is 1060. The number of phenols is 1. The van der Waals surface area contributed by atoms with E-state index in [4.69, 9.17) is 19.8 Å². The molecule has 0 aliphatic carbocycles. The van der Waals surface area contributed by atoms with Crippen LogP contribution in [-0.4, -0.2) is 59.6 Å². The fourth-order valence-electron chi connectivity index (χ4n) is 3.69. The van der Waals surface area contributed by atoms with Crippen LogP contribution in [0.5, 0.6) is 5.75 Å². The van der Waals surface area contributed by atoms with Gasteiger partial charge in [0.25, 0.3) is 0 Å². The lowest BCUT2D eigenvalue weighted by atomic mass is 10.1. The highest BCUT2D eigenvalue weighted by Gasteiger charge is 2.19. The fourth-order valence-corrected chi connectivity index (χ4v) is 3.69. The second kappa shape index (κ2) is 12.0. The molecule has 2 aliphatic rings. The third-order valence-electron chi connectivity index (χ3n) is 5.42. The second-order valence-electron chi connectivity index (χ2n) is 7.98. The summed E-state index contributed by atoms with van der Waals surface area (Å²) in [4.78, 5) is 21.1. The number of hydrogen-bond acceptors (Lipinski definition) is 6. The van der Waals surface area contributed by atoms with Crippen LogP contribution >= 0.6 is 0 Å². The Morgan fingerprint density at radius 1 is 1.03 bits per heavy atom. The van der Waals surface area contributed by atoms with Crippen molar-refractivity contribution < 1.29 is 19.7 Å². The maximum Gasteiger partial charge on any atom is 0.404 e. The van der Waals surface area contributed by atoms with E-state index in [9.17, 15) is 9.90 Å². The van der Waals surface area contributed by atoms with E-state index in [1.165, 1.54) is 38.3 Å². The summed E-state index contributed by atoms with van der Waals surface area (Å²) >= 11 is 0. The number of phenolic OH excluding ortho intramolecular Hbond substituents is 1. The van der Waals surface area contributed by atoms with Crippen molar-refractivity contribution in [1.82, 2.24) is 15.3 Å². The van der Waals surface area contributed by atoms with Crippen LogP contribution in [-0.2, 0) is 4.74 Å². The van der Waals surface area contributed by atoms with Gasteiger partial charge in [0.2, 0.25) is 0 Å². The summed E-state index contributed by atoms with van der Waals surface area (Å²) in [5.74, 6) is 1.78. The summed E-state index contributed by atoms with van der Waals surface area (Å²) in [6, 6.07) is 13.5. The molecular formula is C25H32N4O4. The van der Waals surface area contributed by atoms with Crippen LogP contribution in [0.2, 0.25) is 0 Å². The first kappa shape index (κ1) is 24.3. The summed E-state index contributed by atoms with van der Waals surface area (Å²) in [7, 11) is 1.35. The van der Waals surface area contributed by atoms with Gasteiger partial charge in [-0.2, -0.15) is 0 Å². The molecule has 33 heavy (non-hydrogen) atoms. The zero-order valence-corrected chi connectivity index (χ0v) is 19.3. The molecule has 8 nitrogen and oxygen atoms in total. The van der Waals surface area contributed by atoms with E-state index in [2.05, 4.69) is 30.0 Å². The predicted molar refractivity (Wildman–Crippen MR) is 130 cm³/mol. The summed E-state index contributed by atoms with van der Waals surface area (Å²) in [6.07, 6.45) is 3.96. The number of carbonyl (C=O) groups is 1. The van der Waals surface area contributed by atoms with Gasteiger partial charge in [0, 0.05) is 38.7 Å². The molecule has 0 radical (unpaired) electrons. The van der Waals surface area contributed by atoms with E-state index in [-0.39, 0.29) is 5.75 Å². The van der Waals surface area contributed by atoms with Gasteiger partial charge in [0.05, 0.1) is 11.1 Å². The molecule has 3 aromatic rings. The summed E-state index contributed by atoms with van der Waals surface area (Å²) < 4.78 is 4.94. The third-order valence-corrected chi connectivity index (χ3v) is 5.42. The molecule has 2 fully saturated rings. The molecule has 0 saturated carbocycles. The van der Waals surface area contributed by atoms with E-state index in [0.717, 1.165) is 43.0 Å². The Kier molecular flexibility index (Phi) is 8.83. The molecule has 2 saturated heterocycles. The van der Waals surface area contributed by atoms with Crippen LogP contribution in [0.4, 0.5) is 10.6 Å². The van der Waals surface area contributed by atoms with Gasteiger partial charge in [0.1, 0.15) is 11.6 Å². The van der Waals surface area contributed by atoms with E-state index in [1.54, 1.807) is 6.07 Å². The summed E-state index contributed by atoms with van der Waals surface area (Å²) in [6.45, 7) is 6.12. The smallest absolute Gasteiger partial charge is 0.404 e. The number of benzene rings is 2. The van der Waals surface area contributed by atoms with E-state index in [1.807, 2.05) is 23.5 Å². The lowest BCUT2D eigenvalue weighted by Gasteiger charge is -2.19. The van der Waals surface area contributed by atoms with Crippen molar-refractivity contribution in [3.05, 3.63) is 48.0 Å². The minimum Gasteiger partial charge on any atom is -0.507 e. The van der Waals surface area contributed by atoms with E-state index < -0.39 is 6.09 Å². The number of para-hydroxylation sites is 1. The topological polar surface area (TPSA) is 108 Å². The van der Waals surface area contributed by atoms with Crippen molar-refractivity contribution in [3.8, 4) is 17.1 Å². The number of fused-ring (bicyclic) bond motifs is 1. The first-order chi connectivity index (χ1) is 16.0. The minimum atomic E-state index is -0.995. The standard InChI is InChI=1S/C19H19N3O.C4H8O.C2H5NO2/c1-13-8-9-14-16(12-13)20-18(15-6-2-3-7-17(15)23)21-19(14)22-10-4-5-11-22;1-2-4-5-3-1;1-3-2(4)5/h2-3,6-9,12,23H,4-5,10-11H2,1H3;1-4H2;3H,1H3,(H,4,5). The van der Waals surface area contributed by atoms with Gasteiger partial charge >= 0.3 is 6.09 Å². The Hall–Kier alpha value is -3.39. The van der Waals surface area contributed by atoms with Crippen LogP contribution < -0.4 is 10.2 Å². The number of rotatable bonds is 2. The Balaban J connectivity index is 0.000000256. The predicted octanol–water partition coefficient (Wildman–Crippen LogP) is 4.59. The molecule has 3 heterocycles. The Morgan fingerprint density at radius 2 is 1.70 bits per heavy atom. The molecule has 0 spiro atoms. The number of carboxylic acid groups (broad SMARTS) is 1. The minimum absolute atomic E-state index is 0.215. The van der Waals surface area contributed by atoms with Gasteiger partial charge in [-0.25, -0.2) is 14.8 Å². The highest BCUT2D eigenvalue weighted by molar-refractivity contribution is 5.92. The van der Waals surface area contributed by atoms with Crippen LogP contribution in [0.1, 0.15) is 31.2 Å². The van der Waals surface area contributed by atoms with Crippen molar-refractivity contribution in [2.75, 3.05) is 38.3 Å². The SMILES string of the molecule is C1CCOC1.CNC(=O)O.Cc1ccc2c(N3CCCC3)nc(-c3ccccc3O)nc2c1. The van der Waals surface area contributed by atoms with Crippen LogP contribution in [0.3, 0.4) is 0 Å². The molecule has 3 N–H and O–H groups in total. The van der Waals surface area contributed by atoms with Crippen molar-refractivity contribution >= 4 is 22.8 Å². The Labute approximate surface area is 194 Å². The van der Waals surface area contributed by atoms with Crippen molar-refractivity contribution in [2.24, 2.45) is 0 Å². The number of amides is 1. The van der Waals surface area contributed by atoms with Crippen LogP contribution in [0.25, 0.3) is 22.3 Å². The molecule has 2 aliphatic heterocycles. The number of aromatic nitrogens is 2. The first-order valence-electron chi connectivity index (χ1n) is 11.3. The van der Waals surface area contributed by atoms with Crippen molar-refractivity contribution in [2.45, 2.75) is 32.6 Å². The monoisotopic (exact) mass is 452 g/mol. The quantitative estimate of drug-likeness (QED) is 0.522. The number of nitrogens with zero attached hydrogens (tertiary/aromatic N) is 3. The summed E-state index contributed by atoms with van der Waals surface area (Å²) in [5, 5.41) is 20.8. The van der Waals surface area contributed by atoms with E-state index in [0.29, 0.717) is 11.4 Å². The maximum atomic E-state index is 10.2. The highest BCUT2D eigenvalue weighted by Crippen LogP contribution is 2.32. The van der Waals surface area contributed by atoms with Gasteiger partial charge in [0.15, 0.2) is 5.82 Å². The van der Waals surface area contributed by atoms with Gasteiger partial charge in [-0.15, -0.1) is 0 Å². The van der Waals surface area contributed by atoms with E-state index >= 15 is 0 Å². The van der Waals surface area contributed by atoms with Crippen molar-refractivity contribution in [1.29, 1.82) is 0 Å². The van der Waals surface area contributed by atoms with Gasteiger partial charge in [-0.3, -0.25) is 0 Å². The largest absolute Gasteiger partial charge is 0.507 e. The zero-order chi connectivity index (χ0) is 23.6. The Morgan fingerprint density at radius 3 is 2.27 bits per heavy atom. The average Bonchev–Trinajstić information content (AvgIpc) is 3.56. The number of aryl methyl sites for hydroxylation is 1. The van der Waals surface area contributed by atoms with Crippen LogP contribution in [0.15, 0.2) is 42.5 Å². The summed E-state index contributed by atoms with van der Waals surface area (Å²) in [5.41, 5.74) is 2.78. The molecule has 176 valence electrons. The van der Waals surface area contributed by atoms with Crippen LogP contribution in [0, 0.1) is 6.92 Å². The molecule has 0 bridgehead atoms. The van der Waals surface area contributed by atoms with Crippen molar-refractivity contribution in [3.63, 3.8) is 0 Å². The lowest BCUT2D eigenvalue weighted by Crippen LogP contribution is -2.20. The molecule has 2 aromatic carbocycles. The normalized spacial score (nSPS) is 14.8. The number of aromatic hydroxyl groups is 1. The molecular weight excluding hydrogens is 420 g/mol. The molecule has 1 aromatic heterocycles. The van der Waals surface area contributed by atoms with Gasteiger partial charge < -0.3 is 25.2 Å². The second-order valence-corrected chi connectivity index (χ2v) is 7.98. The fraction of sp³-hybridized carbons (Fsp3) is 0.400. The first-order valence-corrected chi connectivity index (χ1v) is 11.3. The average molecular weight is 453 g/mol. The zero-order valence-electron chi connectivity index (χ0n) is 19.3. The highest BCUT2D eigenvalue weighted by atomic mass is 16.5. The molecule has 8 heteroatoms.